The van der Waals surface area contributed by atoms with Crippen LogP contribution in [0.1, 0.15) is 56.7 Å². The second-order valence-corrected chi connectivity index (χ2v) is 9.32. The van der Waals surface area contributed by atoms with Crippen LogP contribution in [0.3, 0.4) is 0 Å². The maximum Gasteiger partial charge on any atom is 0.348 e. The number of sulfone groups is 1. The molecular weight excluding hydrogens is 430 g/mol. The first-order valence-electron chi connectivity index (χ1n) is 9.28. The smallest absolute Gasteiger partial charge is 0.348 e. The van der Waals surface area contributed by atoms with E-state index in [1.807, 2.05) is 0 Å². The SMILES string of the molecule is CCOC(=O)c1sc(NC(=O)c2ccccc2S(=O)(=O)CC)c(C(=O)OCC)c1C. The maximum absolute atomic E-state index is 12.9. The molecule has 2 aromatic rings. The van der Waals surface area contributed by atoms with Crippen molar-refractivity contribution in [3.05, 3.63) is 45.8 Å². The molecule has 0 aliphatic heterocycles. The number of carbonyl (C=O) groups excluding carboxylic acids is 3. The summed E-state index contributed by atoms with van der Waals surface area (Å²) in [6.07, 6.45) is 0. The first kappa shape index (κ1) is 23.6. The lowest BCUT2D eigenvalue weighted by atomic mass is 10.1. The first-order valence-corrected chi connectivity index (χ1v) is 11.7. The van der Waals surface area contributed by atoms with Gasteiger partial charge < -0.3 is 14.8 Å². The predicted molar refractivity (Wildman–Crippen MR) is 113 cm³/mol. The lowest BCUT2D eigenvalue weighted by molar-refractivity contribution is 0.0527. The average Bonchev–Trinajstić information content (AvgIpc) is 3.04. The third-order valence-electron chi connectivity index (χ3n) is 4.16. The van der Waals surface area contributed by atoms with Gasteiger partial charge in [-0.3, -0.25) is 4.79 Å². The summed E-state index contributed by atoms with van der Waals surface area (Å²) in [5.41, 5.74) is 0.300. The van der Waals surface area contributed by atoms with Gasteiger partial charge in [0, 0.05) is 0 Å². The molecule has 30 heavy (non-hydrogen) atoms. The molecule has 0 aliphatic rings. The quantitative estimate of drug-likeness (QED) is 0.609. The van der Waals surface area contributed by atoms with Crippen molar-refractivity contribution >= 4 is 44.0 Å². The lowest BCUT2D eigenvalue weighted by Gasteiger charge is -2.10. The van der Waals surface area contributed by atoms with Gasteiger partial charge in [0.25, 0.3) is 5.91 Å². The predicted octanol–water partition coefficient (Wildman–Crippen LogP) is 3.46. The molecule has 0 saturated carbocycles. The van der Waals surface area contributed by atoms with E-state index in [9.17, 15) is 22.8 Å². The lowest BCUT2D eigenvalue weighted by Crippen LogP contribution is -2.18. The maximum atomic E-state index is 12.9. The van der Waals surface area contributed by atoms with Crippen molar-refractivity contribution in [3.8, 4) is 0 Å². The molecular formula is C20H23NO7S2. The minimum absolute atomic E-state index is 0.0362. The van der Waals surface area contributed by atoms with Gasteiger partial charge in [-0.25, -0.2) is 18.0 Å². The highest BCUT2D eigenvalue weighted by atomic mass is 32.2. The number of esters is 2. The molecule has 1 aromatic heterocycles. The summed E-state index contributed by atoms with van der Waals surface area (Å²) >= 11 is 0.874. The fraction of sp³-hybridized carbons (Fsp3) is 0.350. The van der Waals surface area contributed by atoms with E-state index < -0.39 is 27.7 Å². The third kappa shape index (κ3) is 4.88. The van der Waals surface area contributed by atoms with Crippen LogP contribution in [0.25, 0.3) is 0 Å². The Morgan fingerprint density at radius 1 is 1.00 bits per heavy atom. The summed E-state index contributed by atoms with van der Waals surface area (Å²) < 4.78 is 34.8. The highest BCUT2D eigenvalue weighted by Gasteiger charge is 2.28. The highest BCUT2D eigenvalue weighted by Crippen LogP contribution is 2.35. The molecule has 2 rings (SSSR count). The van der Waals surface area contributed by atoms with Gasteiger partial charge in [-0.1, -0.05) is 19.1 Å². The zero-order valence-corrected chi connectivity index (χ0v) is 18.7. The van der Waals surface area contributed by atoms with Crippen molar-refractivity contribution in [2.75, 3.05) is 24.3 Å². The van der Waals surface area contributed by atoms with E-state index in [1.165, 1.54) is 25.1 Å². The Hall–Kier alpha value is -2.72. The Bertz CT molecular complexity index is 1070. The molecule has 10 heteroatoms. The average molecular weight is 454 g/mol. The monoisotopic (exact) mass is 453 g/mol. The van der Waals surface area contributed by atoms with Gasteiger partial charge in [-0.15, -0.1) is 11.3 Å². The molecule has 0 unspecified atom stereocenters. The van der Waals surface area contributed by atoms with E-state index in [4.69, 9.17) is 9.47 Å². The molecule has 0 spiro atoms. The second-order valence-electron chi connectivity index (χ2n) is 6.05. The van der Waals surface area contributed by atoms with Crippen LogP contribution in [0.4, 0.5) is 5.00 Å². The number of hydrogen-bond donors (Lipinski definition) is 1. The van der Waals surface area contributed by atoms with E-state index in [2.05, 4.69) is 5.32 Å². The van der Waals surface area contributed by atoms with Crippen LogP contribution in [-0.2, 0) is 19.3 Å². The summed E-state index contributed by atoms with van der Waals surface area (Å²) in [5, 5.41) is 2.65. The third-order valence-corrected chi connectivity index (χ3v) is 7.13. The zero-order valence-electron chi connectivity index (χ0n) is 17.1. The molecule has 0 radical (unpaired) electrons. The van der Waals surface area contributed by atoms with E-state index in [0.717, 1.165) is 11.3 Å². The summed E-state index contributed by atoms with van der Waals surface area (Å²) in [6, 6.07) is 5.80. The number of anilines is 1. The number of rotatable bonds is 8. The Balaban J connectivity index is 2.53. The Morgan fingerprint density at radius 3 is 2.20 bits per heavy atom. The van der Waals surface area contributed by atoms with Gasteiger partial charge >= 0.3 is 11.9 Å². The second kappa shape index (κ2) is 9.86. The van der Waals surface area contributed by atoms with Gasteiger partial charge in [0.15, 0.2) is 9.84 Å². The number of thiophene rings is 1. The molecule has 1 heterocycles. The molecule has 0 atom stereocenters. The Kier molecular flexibility index (Phi) is 7.74. The molecule has 1 N–H and O–H groups in total. The van der Waals surface area contributed by atoms with Gasteiger partial charge in [0.2, 0.25) is 0 Å². The van der Waals surface area contributed by atoms with Gasteiger partial charge in [-0.2, -0.15) is 0 Å². The number of hydrogen-bond acceptors (Lipinski definition) is 8. The molecule has 8 nitrogen and oxygen atoms in total. The molecule has 0 saturated heterocycles. The van der Waals surface area contributed by atoms with Crippen molar-refractivity contribution in [1.29, 1.82) is 0 Å². The van der Waals surface area contributed by atoms with Crippen LogP contribution < -0.4 is 5.32 Å². The van der Waals surface area contributed by atoms with Crippen molar-refractivity contribution < 1.29 is 32.3 Å². The molecule has 0 fully saturated rings. The van der Waals surface area contributed by atoms with Gasteiger partial charge in [0.1, 0.15) is 9.88 Å². The van der Waals surface area contributed by atoms with Crippen LogP contribution in [-0.4, -0.2) is 45.2 Å². The molecule has 1 amide bonds. The van der Waals surface area contributed by atoms with E-state index >= 15 is 0 Å². The standard InChI is InChI=1S/C20H23NO7S2/c1-5-27-19(23)15-12(4)16(20(24)28-6-2)29-18(15)21-17(22)13-10-8-9-11-14(13)30(25,26)7-3/h8-11H,5-7H2,1-4H3,(H,21,22). The number of benzene rings is 1. The fourth-order valence-electron chi connectivity index (χ4n) is 2.69. The zero-order chi connectivity index (χ0) is 22.5. The molecule has 0 bridgehead atoms. The van der Waals surface area contributed by atoms with Gasteiger partial charge in [0.05, 0.1) is 35.0 Å². The normalized spacial score (nSPS) is 11.1. The summed E-state index contributed by atoms with van der Waals surface area (Å²) in [4.78, 5) is 37.6. The van der Waals surface area contributed by atoms with Crippen LogP contribution >= 0.6 is 11.3 Å². The largest absolute Gasteiger partial charge is 0.462 e. The Labute approximate surface area is 179 Å². The molecule has 1 aromatic carbocycles. The summed E-state index contributed by atoms with van der Waals surface area (Å²) in [5.74, 6) is -2.22. The number of carbonyl (C=O) groups is 3. The topological polar surface area (TPSA) is 116 Å². The van der Waals surface area contributed by atoms with E-state index in [1.54, 1.807) is 26.8 Å². The summed E-state index contributed by atoms with van der Waals surface area (Å²) in [6.45, 7) is 6.58. The van der Waals surface area contributed by atoms with E-state index in [-0.39, 0.29) is 44.9 Å². The first-order chi connectivity index (χ1) is 14.2. The van der Waals surface area contributed by atoms with Crippen LogP contribution in [0.15, 0.2) is 29.2 Å². The fourth-order valence-corrected chi connectivity index (χ4v) is 4.87. The molecule has 162 valence electrons. The van der Waals surface area contributed by atoms with E-state index in [0.29, 0.717) is 5.56 Å². The van der Waals surface area contributed by atoms with Crippen molar-refractivity contribution in [2.45, 2.75) is 32.6 Å². The van der Waals surface area contributed by atoms with Crippen molar-refractivity contribution in [3.63, 3.8) is 0 Å². The van der Waals surface area contributed by atoms with Crippen molar-refractivity contribution in [1.82, 2.24) is 0 Å². The van der Waals surface area contributed by atoms with Gasteiger partial charge in [-0.05, 0) is 38.5 Å². The van der Waals surface area contributed by atoms with Crippen LogP contribution in [0, 0.1) is 6.92 Å². The Morgan fingerprint density at radius 2 is 1.60 bits per heavy atom. The minimum Gasteiger partial charge on any atom is -0.462 e. The molecule has 0 aliphatic carbocycles. The van der Waals surface area contributed by atoms with Crippen molar-refractivity contribution in [2.24, 2.45) is 0 Å². The summed E-state index contributed by atoms with van der Waals surface area (Å²) in [7, 11) is -3.65. The van der Waals surface area contributed by atoms with Crippen LogP contribution in [0.2, 0.25) is 0 Å². The minimum atomic E-state index is -3.65. The number of ether oxygens (including phenoxy) is 2. The van der Waals surface area contributed by atoms with Crippen LogP contribution in [0.5, 0.6) is 0 Å². The highest BCUT2D eigenvalue weighted by molar-refractivity contribution is 7.91. The number of amides is 1. The number of nitrogens with one attached hydrogen (secondary N) is 1.